The first kappa shape index (κ1) is 18.0. The summed E-state index contributed by atoms with van der Waals surface area (Å²) >= 11 is 0. The van der Waals surface area contributed by atoms with E-state index >= 15 is 0 Å². The molecule has 2 fully saturated rings. The van der Waals surface area contributed by atoms with Gasteiger partial charge in [-0.1, -0.05) is 0 Å². The van der Waals surface area contributed by atoms with Crippen LogP contribution in [0.15, 0.2) is 4.99 Å². The van der Waals surface area contributed by atoms with Gasteiger partial charge in [-0.05, 0) is 19.8 Å². The number of halogens is 1. The SMILES string of the molecule is CCNC(=NCC1CCOC1)N1CCC(COC)C1.I. The van der Waals surface area contributed by atoms with Gasteiger partial charge in [0.1, 0.15) is 0 Å². The van der Waals surface area contributed by atoms with E-state index in [1.807, 2.05) is 0 Å². The fraction of sp³-hybridized carbons (Fsp3) is 0.929. The molecule has 0 aliphatic carbocycles. The largest absolute Gasteiger partial charge is 0.384 e. The predicted molar refractivity (Wildman–Crippen MR) is 91.9 cm³/mol. The highest BCUT2D eigenvalue weighted by molar-refractivity contribution is 14.0. The monoisotopic (exact) mass is 397 g/mol. The molecule has 0 bridgehead atoms. The van der Waals surface area contributed by atoms with E-state index in [2.05, 4.69) is 17.1 Å². The Morgan fingerprint density at radius 3 is 2.90 bits per heavy atom. The van der Waals surface area contributed by atoms with Gasteiger partial charge in [0.05, 0.1) is 13.2 Å². The van der Waals surface area contributed by atoms with Crippen LogP contribution in [0.2, 0.25) is 0 Å². The molecular formula is C14H28IN3O2. The van der Waals surface area contributed by atoms with Crippen LogP contribution in [0.1, 0.15) is 19.8 Å². The zero-order valence-electron chi connectivity index (χ0n) is 12.6. The Kier molecular flexibility index (Phi) is 8.79. The van der Waals surface area contributed by atoms with E-state index < -0.39 is 0 Å². The second-order valence-corrected chi connectivity index (χ2v) is 5.48. The van der Waals surface area contributed by atoms with Crippen LogP contribution in [0.25, 0.3) is 0 Å². The van der Waals surface area contributed by atoms with Crippen molar-refractivity contribution >= 4 is 29.9 Å². The van der Waals surface area contributed by atoms with Crippen LogP contribution in [0, 0.1) is 11.8 Å². The summed E-state index contributed by atoms with van der Waals surface area (Å²) in [6.07, 6.45) is 2.35. The molecule has 0 aromatic rings. The van der Waals surface area contributed by atoms with Crippen LogP contribution in [0.3, 0.4) is 0 Å². The summed E-state index contributed by atoms with van der Waals surface area (Å²) in [5, 5.41) is 3.41. The summed E-state index contributed by atoms with van der Waals surface area (Å²) in [5.41, 5.74) is 0. The molecule has 0 aromatic carbocycles. The fourth-order valence-electron chi connectivity index (χ4n) is 2.77. The first-order chi connectivity index (χ1) is 9.33. The highest BCUT2D eigenvalue weighted by atomic mass is 127. The van der Waals surface area contributed by atoms with Gasteiger partial charge < -0.3 is 19.7 Å². The molecule has 2 aliphatic rings. The second kappa shape index (κ2) is 9.78. The van der Waals surface area contributed by atoms with Crippen molar-refractivity contribution in [3.05, 3.63) is 0 Å². The van der Waals surface area contributed by atoms with E-state index in [9.17, 15) is 0 Å². The molecule has 2 saturated heterocycles. The van der Waals surface area contributed by atoms with Gasteiger partial charge in [0.2, 0.25) is 0 Å². The van der Waals surface area contributed by atoms with E-state index in [4.69, 9.17) is 14.5 Å². The number of likely N-dealkylation sites (tertiary alicyclic amines) is 1. The van der Waals surface area contributed by atoms with Crippen LogP contribution in [-0.2, 0) is 9.47 Å². The molecule has 0 radical (unpaired) electrons. The maximum atomic E-state index is 5.40. The van der Waals surface area contributed by atoms with Gasteiger partial charge >= 0.3 is 0 Å². The van der Waals surface area contributed by atoms with E-state index in [-0.39, 0.29) is 24.0 Å². The molecule has 0 amide bonds. The topological polar surface area (TPSA) is 46.1 Å². The Labute approximate surface area is 139 Å². The van der Waals surface area contributed by atoms with Gasteiger partial charge in [-0.15, -0.1) is 24.0 Å². The number of ether oxygens (including phenoxy) is 2. The summed E-state index contributed by atoms with van der Waals surface area (Å²) in [6, 6.07) is 0. The van der Waals surface area contributed by atoms with Crippen molar-refractivity contribution in [2.45, 2.75) is 19.8 Å². The normalized spacial score (nSPS) is 26.7. The zero-order chi connectivity index (χ0) is 13.5. The van der Waals surface area contributed by atoms with Gasteiger partial charge in [-0.25, -0.2) is 0 Å². The maximum Gasteiger partial charge on any atom is 0.193 e. The standard InChI is InChI=1S/C14H27N3O2.HI/c1-3-15-14(16-8-12-5-7-19-11-12)17-6-4-13(9-17)10-18-2;/h12-13H,3-11H2,1-2H3,(H,15,16);1H. The lowest BCUT2D eigenvalue weighted by Crippen LogP contribution is -2.40. The van der Waals surface area contributed by atoms with Gasteiger partial charge in [0.15, 0.2) is 5.96 Å². The Bertz CT molecular complexity index is 296. The average Bonchev–Trinajstić information content (AvgIpc) is 3.06. The lowest BCUT2D eigenvalue weighted by molar-refractivity contribution is 0.157. The summed E-state index contributed by atoms with van der Waals surface area (Å²) in [5.74, 6) is 2.31. The number of nitrogens with zero attached hydrogens (tertiary/aromatic N) is 2. The van der Waals surface area contributed by atoms with Gasteiger partial charge in [0.25, 0.3) is 0 Å². The van der Waals surface area contributed by atoms with Crippen LogP contribution >= 0.6 is 24.0 Å². The number of methoxy groups -OCH3 is 1. The molecule has 5 nitrogen and oxygen atoms in total. The van der Waals surface area contributed by atoms with Crippen LogP contribution < -0.4 is 5.32 Å². The summed E-state index contributed by atoms with van der Waals surface area (Å²) in [7, 11) is 1.78. The van der Waals surface area contributed by atoms with Crippen LogP contribution in [0.5, 0.6) is 0 Å². The predicted octanol–water partition coefficient (Wildman–Crippen LogP) is 1.57. The zero-order valence-corrected chi connectivity index (χ0v) is 15.0. The summed E-state index contributed by atoms with van der Waals surface area (Å²) in [4.78, 5) is 7.15. The Morgan fingerprint density at radius 2 is 2.25 bits per heavy atom. The Morgan fingerprint density at radius 1 is 1.40 bits per heavy atom. The van der Waals surface area contributed by atoms with E-state index in [0.29, 0.717) is 11.8 Å². The van der Waals surface area contributed by atoms with Crippen molar-refractivity contribution < 1.29 is 9.47 Å². The molecule has 0 spiro atoms. The van der Waals surface area contributed by atoms with Crippen molar-refractivity contribution in [1.82, 2.24) is 10.2 Å². The summed E-state index contributed by atoms with van der Waals surface area (Å²) < 4.78 is 10.7. The van der Waals surface area contributed by atoms with Crippen molar-refractivity contribution in [3.63, 3.8) is 0 Å². The number of guanidine groups is 1. The highest BCUT2D eigenvalue weighted by Gasteiger charge is 2.25. The number of rotatable bonds is 5. The third-order valence-electron chi connectivity index (χ3n) is 3.85. The molecule has 20 heavy (non-hydrogen) atoms. The van der Waals surface area contributed by atoms with Crippen molar-refractivity contribution in [3.8, 4) is 0 Å². The third-order valence-corrected chi connectivity index (χ3v) is 3.85. The number of hydrogen-bond acceptors (Lipinski definition) is 3. The molecule has 1 N–H and O–H groups in total. The lowest BCUT2D eigenvalue weighted by atomic mass is 10.1. The molecule has 118 valence electrons. The number of nitrogens with one attached hydrogen (secondary N) is 1. The molecule has 2 aliphatic heterocycles. The minimum Gasteiger partial charge on any atom is -0.384 e. The summed E-state index contributed by atoms with van der Waals surface area (Å²) in [6.45, 7) is 8.69. The quantitative estimate of drug-likeness (QED) is 0.435. The van der Waals surface area contributed by atoms with Crippen molar-refractivity contribution in [2.24, 2.45) is 16.8 Å². The Hall–Kier alpha value is -0.0800. The first-order valence-electron chi connectivity index (χ1n) is 7.43. The fourth-order valence-corrected chi connectivity index (χ4v) is 2.77. The van der Waals surface area contributed by atoms with Crippen molar-refractivity contribution in [1.29, 1.82) is 0 Å². The Balaban J connectivity index is 0.00000200. The third kappa shape index (κ3) is 5.37. The number of hydrogen-bond donors (Lipinski definition) is 1. The number of aliphatic imine (C=N–C) groups is 1. The minimum atomic E-state index is 0. The molecule has 6 heteroatoms. The van der Waals surface area contributed by atoms with Gasteiger partial charge in [-0.2, -0.15) is 0 Å². The maximum absolute atomic E-state index is 5.40. The molecular weight excluding hydrogens is 369 g/mol. The highest BCUT2D eigenvalue weighted by Crippen LogP contribution is 2.17. The molecule has 2 heterocycles. The minimum absolute atomic E-state index is 0. The van der Waals surface area contributed by atoms with Gasteiger partial charge in [0, 0.05) is 51.7 Å². The lowest BCUT2D eigenvalue weighted by Gasteiger charge is -2.22. The first-order valence-corrected chi connectivity index (χ1v) is 7.43. The van der Waals surface area contributed by atoms with E-state index in [1.165, 1.54) is 6.42 Å². The van der Waals surface area contributed by atoms with Crippen molar-refractivity contribution in [2.75, 3.05) is 53.1 Å². The molecule has 2 rings (SSSR count). The van der Waals surface area contributed by atoms with Crippen LogP contribution in [0.4, 0.5) is 0 Å². The van der Waals surface area contributed by atoms with Gasteiger partial charge in [-0.3, -0.25) is 4.99 Å². The van der Waals surface area contributed by atoms with E-state index in [0.717, 1.165) is 58.4 Å². The average molecular weight is 397 g/mol. The van der Waals surface area contributed by atoms with Crippen LogP contribution in [-0.4, -0.2) is 64.0 Å². The molecule has 0 aromatic heterocycles. The van der Waals surface area contributed by atoms with E-state index in [1.54, 1.807) is 7.11 Å². The molecule has 0 saturated carbocycles. The molecule has 2 unspecified atom stereocenters. The second-order valence-electron chi connectivity index (χ2n) is 5.48. The molecule has 2 atom stereocenters. The smallest absolute Gasteiger partial charge is 0.193 e.